The molecule has 3 heteroatoms. The maximum Gasteiger partial charge on any atom is 0.261 e. The average Bonchev–Trinajstić information content (AvgIpc) is 2.84. The summed E-state index contributed by atoms with van der Waals surface area (Å²) in [7, 11) is 0. The predicted octanol–water partition coefficient (Wildman–Crippen LogP) is 5.66. The molecule has 0 aromatic heterocycles. The maximum atomic E-state index is 13.5. The molecule has 2 nitrogen and oxygen atoms in total. The first-order valence-electron chi connectivity index (χ1n) is 9.44. The van der Waals surface area contributed by atoms with Crippen LogP contribution in [0.4, 0.5) is 0 Å². The first-order chi connectivity index (χ1) is 13.7. The van der Waals surface area contributed by atoms with E-state index in [2.05, 4.69) is 67.6 Å². The third-order valence-electron chi connectivity index (χ3n) is 5.12. The SMILES string of the molecule is CSC1=C(c2ccc(C)cc2)c2ccccc2CN(Cc2ccccc2)C1=O. The highest BCUT2D eigenvalue weighted by atomic mass is 32.2. The second kappa shape index (κ2) is 8.07. The Bertz CT molecular complexity index is 1020. The van der Waals surface area contributed by atoms with Gasteiger partial charge in [0.05, 0.1) is 4.91 Å². The van der Waals surface area contributed by atoms with E-state index in [1.165, 1.54) is 11.1 Å². The Labute approximate surface area is 170 Å². The number of nitrogens with zero attached hydrogens (tertiary/aromatic N) is 1. The Morgan fingerprint density at radius 1 is 0.893 bits per heavy atom. The van der Waals surface area contributed by atoms with Crippen molar-refractivity contribution in [3.63, 3.8) is 0 Å². The van der Waals surface area contributed by atoms with Crippen molar-refractivity contribution in [3.8, 4) is 0 Å². The number of hydrogen-bond donors (Lipinski definition) is 0. The van der Waals surface area contributed by atoms with Crippen LogP contribution in [-0.4, -0.2) is 17.1 Å². The van der Waals surface area contributed by atoms with Gasteiger partial charge >= 0.3 is 0 Å². The standard InChI is InChI=1S/C25H23NOS/c1-18-12-14-20(15-13-18)23-22-11-7-6-10-21(22)17-26(25(27)24(23)28-2)16-19-8-4-3-5-9-19/h3-15H,16-17H2,1-2H3. The molecule has 0 atom stereocenters. The molecule has 1 amide bonds. The fourth-order valence-corrected chi connectivity index (χ4v) is 4.42. The number of thioether (sulfide) groups is 1. The number of benzene rings is 3. The Hall–Kier alpha value is -2.78. The summed E-state index contributed by atoms with van der Waals surface area (Å²) < 4.78 is 0. The lowest BCUT2D eigenvalue weighted by molar-refractivity contribution is -0.127. The molecular formula is C25H23NOS. The molecule has 140 valence electrons. The molecule has 0 N–H and O–H groups in total. The summed E-state index contributed by atoms with van der Waals surface area (Å²) in [6.07, 6.45) is 2.00. The van der Waals surface area contributed by atoms with Gasteiger partial charge in [0.1, 0.15) is 0 Å². The largest absolute Gasteiger partial charge is 0.330 e. The van der Waals surface area contributed by atoms with E-state index in [0.29, 0.717) is 13.1 Å². The van der Waals surface area contributed by atoms with E-state index in [1.807, 2.05) is 29.4 Å². The zero-order valence-electron chi connectivity index (χ0n) is 16.2. The molecule has 3 aromatic carbocycles. The average molecular weight is 386 g/mol. The lowest BCUT2D eigenvalue weighted by Crippen LogP contribution is -2.29. The quantitative estimate of drug-likeness (QED) is 0.577. The van der Waals surface area contributed by atoms with Gasteiger partial charge in [-0.05, 0) is 35.4 Å². The van der Waals surface area contributed by atoms with Gasteiger partial charge in [0, 0.05) is 18.7 Å². The molecule has 0 saturated heterocycles. The van der Waals surface area contributed by atoms with Crippen LogP contribution in [0.3, 0.4) is 0 Å². The van der Waals surface area contributed by atoms with Gasteiger partial charge in [-0.25, -0.2) is 0 Å². The second-order valence-corrected chi connectivity index (χ2v) is 7.89. The van der Waals surface area contributed by atoms with Crippen LogP contribution in [0.25, 0.3) is 5.57 Å². The van der Waals surface area contributed by atoms with Crippen LogP contribution in [0.5, 0.6) is 0 Å². The number of amides is 1. The number of rotatable bonds is 4. The van der Waals surface area contributed by atoms with Crippen LogP contribution < -0.4 is 0 Å². The van der Waals surface area contributed by atoms with Crippen molar-refractivity contribution in [2.24, 2.45) is 0 Å². The third kappa shape index (κ3) is 3.63. The van der Waals surface area contributed by atoms with Gasteiger partial charge in [-0.3, -0.25) is 4.79 Å². The minimum Gasteiger partial charge on any atom is -0.330 e. The Balaban J connectivity index is 1.86. The zero-order chi connectivity index (χ0) is 19.5. The van der Waals surface area contributed by atoms with Crippen molar-refractivity contribution in [1.29, 1.82) is 0 Å². The number of carbonyl (C=O) groups is 1. The van der Waals surface area contributed by atoms with Crippen molar-refractivity contribution >= 4 is 23.2 Å². The molecule has 1 heterocycles. The summed E-state index contributed by atoms with van der Waals surface area (Å²) in [6, 6.07) is 27.1. The highest BCUT2D eigenvalue weighted by Crippen LogP contribution is 2.38. The first-order valence-corrected chi connectivity index (χ1v) is 10.7. The van der Waals surface area contributed by atoms with Gasteiger partial charge in [-0.1, -0.05) is 84.4 Å². The monoisotopic (exact) mass is 385 g/mol. The molecule has 3 aromatic rings. The van der Waals surface area contributed by atoms with Gasteiger partial charge in [-0.2, -0.15) is 0 Å². The summed E-state index contributed by atoms with van der Waals surface area (Å²) in [6.45, 7) is 3.31. The molecule has 4 rings (SSSR count). The third-order valence-corrected chi connectivity index (χ3v) is 5.90. The lowest BCUT2D eigenvalue weighted by atomic mass is 9.93. The molecule has 1 aliphatic heterocycles. The number of hydrogen-bond acceptors (Lipinski definition) is 2. The molecule has 0 fully saturated rings. The van der Waals surface area contributed by atoms with Crippen molar-refractivity contribution in [2.75, 3.05) is 6.26 Å². The Kier molecular flexibility index (Phi) is 5.36. The number of carbonyl (C=O) groups excluding carboxylic acids is 1. The van der Waals surface area contributed by atoms with Crippen LogP contribution in [-0.2, 0) is 17.9 Å². The van der Waals surface area contributed by atoms with Crippen molar-refractivity contribution < 1.29 is 4.79 Å². The van der Waals surface area contributed by atoms with E-state index >= 15 is 0 Å². The van der Waals surface area contributed by atoms with Gasteiger partial charge in [-0.15, -0.1) is 11.8 Å². The maximum absolute atomic E-state index is 13.5. The van der Waals surface area contributed by atoms with Crippen LogP contribution >= 0.6 is 11.8 Å². The highest BCUT2D eigenvalue weighted by molar-refractivity contribution is 8.03. The molecule has 0 saturated carbocycles. The van der Waals surface area contributed by atoms with Gasteiger partial charge < -0.3 is 4.90 Å². The van der Waals surface area contributed by atoms with Crippen molar-refractivity contribution in [2.45, 2.75) is 20.0 Å². The fraction of sp³-hybridized carbons (Fsp3) is 0.160. The van der Waals surface area contributed by atoms with E-state index in [4.69, 9.17) is 0 Å². The zero-order valence-corrected chi connectivity index (χ0v) is 17.0. The summed E-state index contributed by atoms with van der Waals surface area (Å²) in [5.41, 5.74) is 6.84. The highest BCUT2D eigenvalue weighted by Gasteiger charge is 2.28. The van der Waals surface area contributed by atoms with Gasteiger partial charge in [0.15, 0.2) is 0 Å². The van der Waals surface area contributed by atoms with E-state index in [9.17, 15) is 4.79 Å². The predicted molar refractivity (Wildman–Crippen MR) is 118 cm³/mol. The van der Waals surface area contributed by atoms with Crippen molar-refractivity contribution in [1.82, 2.24) is 4.90 Å². The van der Waals surface area contributed by atoms with Crippen molar-refractivity contribution in [3.05, 3.63) is 112 Å². The molecule has 1 aliphatic rings. The van der Waals surface area contributed by atoms with Crippen LogP contribution in [0.15, 0.2) is 83.8 Å². The molecule has 0 bridgehead atoms. The molecular weight excluding hydrogens is 362 g/mol. The summed E-state index contributed by atoms with van der Waals surface area (Å²) >= 11 is 1.54. The van der Waals surface area contributed by atoms with Crippen LogP contribution in [0.1, 0.15) is 27.8 Å². The minimum atomic E-state index is 0.100. The second-order valence-electron chi connectivity index (χ2n) is 7.08. The fourth-order valence-electron chi connectivity index (χ4n) is 3.68. The Morgan fingerprint density at radius 2 is 1.57 bits per heavy atom. The topological polar surface area (TPSA) is 20.3 Å². The lowest BCUT2D eigenvalue weighted by Gasteiger charge is -2.22. The van der Waals surface area contributed by atoms with E-state index < -0.39 is 0 Å². The number of aryl methyl sites for hydroxylation is 1. The molecule has 0 aliphatic carbocycles. The summed E-state index contributed by atoms with van der Waals surface area (Å²) in [5.74, 6) is 0.100. The summed E-state index contributed by atoms with van der Waals surface area (Å²) in [4.78, 5) is 16.3. The molecule has 0 unspecified atom stereocenters. The van der Waals surface area contributed by atoms with E-state index in [1.54, 1.807) is 11.8 Å². The van der Waals surface area contributed by atoms with Crippen LogP contribution in [0.2, 0.25) is 0 Å². The molecule has 28 heavy (non-hydrogen) atoms. The van der Waals surface area contributed by atoms with Gasteiger partial charge in [0.2, 0.25) is 0 Å². The Morgan fingerprint density at radius 3 is 2.29 bits per heavy atom. The normalized spacial score (nSPS) is 14.1. The molecule has 0 radical (unpaired) electrons. The van der Waals surface area contributed by atoms with E-state index in [0.717, 1.165) is 27.2 Å². The smallest absolute Gasteiger partial charge is 0.261 e. The number of fused-ring (bicyclic) bond motifs is 1. The minimum absolute atomic E-state index is 0.100. The first kappa shape index (κ1) is 18.6. The van der Waals surface area contributed by atoms with Gasteiger partial charge in [0.25, 0.3) is 5.91 Å². The molecule has 0 spiro atoms. The summed E-state index contributed by atoms with van der Waals surface area (Å²) in [5, 5.41) is 0. The van der Waals surface area contributed by atoms with Crippen LogP contribution in [0, 0.1) is 6.92 Å². The van der Waals surface area contributed by atoms with E-state index in [-0.39, 0.29) is 5.91 Å².